The molecule has 1 fully saturated rings. The Bertz CT molecular complexity index is 489. The fraction of sp³-hybridized carbons (Fsp3) is 0.688. The molecule has 22 heavy (non-hydrogen) atoms. The van der Waals surface area contributed by atoms with E-state index in [1.54, 1.807) is 19.4 Å². The average Bonchev–Trinajstić information content (AvgIpc) is 2.85. The van der Waals surface area contributed by atoms with Crippen molar-refractivity contribution >= 4 is 11.9 Å². The number of carbonyl (C=O) groups is 1. The van der Waals surface area contributed by atoms with Crippen molar-refractivity contribution in [3.63, 3.8) is 0 Å². The van der Waals surface area contributed by atoms with E-state index in [1.807, 2.05) is 0 Å². The molecular formula is C16H26N4O2. The number of likely N-dealkylation sites (tertiary alicyclic amines) is 1. The van der Waals surface area contributed by atoms with E-state index in [0.29, 0.717) is 5.95 Å². The molecular weight excluding hydrogens is 280 g/mol. The first-order chi connectivity index (χ1) is 10.4. The second kappa shape index (κ2) is 7.54. The molecule has 1 saturated heterocycles. The molecule has 1 aromatic rings. The fourth-order valence-corrected chi connectivity index (χ4v) is 3.07. The van der Waals surface area contributed by atoms with Gasteiger partial charge in [-0.2, -0.15) is 0 Å². The van der Waals surface area contributed by atoms with Crippen LogP contribution in [0.3, 0.4) is 0 Å². The van der Waals surface area contributed by atoms with Gasteiger partial charge in [-0.25, -0.2) is 9.97 Å². The Kier molecular flexibility index (Phi) is 5.71. The van der Waals surface area contributed by atoms with Crippen molar-refractivity contribution in [3.05, 3.63) is 18.0 Å². The van der Waals surface area contributed by atoms with E-state index in [1.165, 1.54) is 17.7 Å². The summed E-state index contributed by atoms with van der Waals surface area (Å²) in [5, 5.41) is 8.77. The summed E-state index contributed by atoms with van der Waals surface area (Å²) >= 11 is 0. The molecule has 0 radical (unpaired) electrons. The second-order valence-electron chi connectivity index (χ2n) is 6.66. The Morgan fingerprint density at radius 1 is 1.45 bits per heavy atom. The van der Waals surface area contributed by atoms with Crippen molar-refractivity contribution in [2.24, 2.45) is 11.8 Å². The van der Waals surface area contributed by atoms with Crippen LogP contribution in [0.25, 0.3) is 0 Å². The maximum atomic E-state index is 10.7. The number of aliphatic carboxylic acids is 1. The molecule has 1 N–H and O–H groups in total. The van der Waals surface area contributed by atoms with Gasteiger partial charge in [-0.1, -0.05) is 13.8 Å². The molecule has 0 aromatic carbocycles. The molecule has 1 atom stereocenters. The molecule has 2 rings (SSSR count). The highest BCUT2D eigenvalue weighted by atomic mass is 16.4. The zero-order valence-corrected chi connectivity index (χ0v) is 13.7. The molecule has 0 unspecified atom stereocenters. The average molecular weight is 306 g/mol. The van der Waals surface area contributed by atoms with Gasteiger partial charge in [0.15, 0.2) is 0 Å². The number of hydrogen-bond acceptors (Lipinski definition) is 5. The van der Waals surface area contributed by atoms with Crippen molar-refractivity contribution in [2.75, 3.05) is 31.6 Å². The van der Waals surface area contributed by atoms with Gasteiger partial charge < -0.3 is 10.0 Å². The lowest BCUT2D eigenvalue weighted by molar-refractivity contribution is -0.135. The molecule has 1 aliphatic rings. The van der Waals surface area contributed by atoms with Crippen LogP contribution in [0.5, 0.6) is 0 Å². The van der Waals surface area contributed by atoms with Crippen LogP contribution in [0.15, 0.2) is 12.4 Å². The largest absolute Gasteiger partial charge is 0.480 e. The van der Waals surface area contributed by atoms with Crippen LogP contribution in [0.2, 0.25) is 0 Å². The van der Waals surface area contributed by atoms with Crippen molar-refractivity contribution in [1.29, 1.82) is 0 Å². The van der Waals surface area contributed by atoms with Gasteiger partial charge in [0, 0.05) is 38.1 Å². The molecule has 0 aliphatic carbocycles. The summed E-state index contributed by atoms with van der Waals surface area (Å²) in [6, 6.07) is 0. The Morgan fingerprint density at radius 3 is 2.73 bits per heavy atom. The molecule has 0 amide bonds. The third kappa shape index (κ3) is 4.94. The van der Waals surface area contributed by atoms with Gasteiger partial charge >= 0.3 is 5.97 Å². The van der Waals surface area contributed by atoms with Crippen LogP contribution in [-0.4, -0.2) is 52.6 Å². The fourth-order valence-electron chi connectivity index (χ4n) is 3.07. The lowest BCUT2D eigenvalue weighted by Gasteiger charge is -2.18. The van der Waals surface area contributed by atoms with E-state index < -0.39 is 5.97 Å². The van der Waals surface area contributed by atoms with Crippen molar-refractivity contribution < 1.29 is 9.90 Å². The summed E-state index contributed by atoms with van der Waals surface area (Å²) in [5.41, 5.74) is 1.08. The number of hydrogen-bond donors (Lipinski definition) is 1. The monoisotopic (exact) mass is 306 g/mol. The summed E-state index contributed by atoms with van der Waals surface area (Å²) in [4.78, 5) is 23.2. The summed E-state index contributed by atoms with van der Waals surface area (Å²) < 4.78 is 0. The highest BCUT2D eigenvalue weighted by molar-refractivity contribution is 5.72. The molecule has 0 spiro atoms. The summed E-state index contributed by atoms with van der Waals surface area (Å²) in [6.07, 6.45) is 6.18. The zero-order chi connectivity index (χ0) is 16.1. The Balaban J connectivity index is 1.85. The van der Waals surface area contributed by atoms with Crippen molar-refractivity contribution in [2.45, 2.75) is 33.2 Å². The highest BCUT2D eigenvalue weighted by Gasteiger charge is 2.23. The number of carboxylic acid groups (broad SMARTS) is 1. The predicted octanol–water partition coefficient (Wildman–Crippen LogP) is 1.87. The maximum Gasteiger partial charge on any atom is 0.323 e. The normalized spacial score (nSPS) is 18.8. The van der Waals surface area contributed by atoms with Crippen LogP contribution in [0, 0.1) is 11.8 Å². The van der Waals surface area contributed by atoms with Gasteiger partial charge in [-0.05, 0) is 31.2 Å². The summed E-state index contributed by atoms with van der Waals surface area (Å²) in [7, 11) is 1.68. The van der Waals surface area contributed by atoms with Gasteiger partial charge in [-0.3, -0.25) is 9.69 Å². The minimum absolute atomic E-state index is 0.0949. The van der Waals surface area contributed by atoms with E-state index in [9.17, 15) is 4.79 Å². The lowest BCUT2D eigenvalue weighted by Crippen LogP contribution is -2.27. The third-order valence-corrected chi connectivity index (χ3v) is 3.99. The van der Waals surface area contributed by atoms with Crippen molar-refractivity contribution in [3.8, 4) is 0 Å². The van der Waals surface area contributed by atoms with Gasteiger partial charge in [0.1, 0.15) is 6.54 Å². The molecule has 1 aliphatic heterocycles. The highest BCUT2D eigenvalue weighted by Crippen LogP contribution is 2.24. The number of rotatable bonds is 7. The molecule has 122 valence electrons. The second-order valence-corrected chi connectivity index (χ2v) is 6.66. The smallest absolute Gasteiger partial charge is 0.323 e. The van der Waals surface area contributed by atoms with Crippen LogP contribution < -0.4 is 4.90 Å². The number of anilines is 1. The Morgan fingerprint density at radius 2 is 2.14 bits per heavy atom. The van der Waals surface area contributed by atoms with Crippen LogP contribution in [0.4, 0.5) is 5.95 Å². The van der Waals surface area contributed by atoms with Gasteiger partial charge in [-0.15, -0.1) is 0 Å². The topological polar surface area (TPSA) is 69.6 Å². The SMILES string of the molecule is CC(C)C[C@H]1CCN(Cc2cnc(N(C)CC(=O)O)nc2)C1. The number of likely N-dealkylation sites (N-methyl/N-ethyl adjacent to an activating group) is 1. The summed E-state index contributed by atoms with van der Waals surface area (Å²) in [6.45, 7) is 7.63. The van der Waals surface area contributed by atoms with E-state index >= 15 is 0 Å². The number of nitrogens with zero attached hydrogens (tertiary/aromatic N) is 4. The molecule has 0 bridgehead atoms. The van der Waals surface area contributed by atoms with Crippen LogP contribution in [0.1, 0.15) is 32.3 Å². The van der Waals surface area contributed by atoms with Crippen LogP contribution in [-0.2, 0) is 11.3 Å². The van der Waals surface area contributed by atoms with Crippen molar-refractivity contribution in [1.82, 2.24) is 14.9 Å². The molecule has 0 saturated carbocycles. The van der Waals surface area contributed by atoms with E-state index in [0.717, 1.165) is 37.0 Å². The first-order valence-electron chi connectivity index (χ1n) is 7.90. The minimum Gasteiger partial charge on any atom is -0.480 e. The van der Waals surface area contributed by atoms with Gasteiger partial charge in [0.05, 0.1) is 0 Å². The van der Waals surface area contributed by atoms with Gasteiger partial charge in [0.25, 0.3) is 0 Å². The first-order valence-corrected chi connectivity index (χ1v) is 7.90. The quantitative estimate of drug-likeness (QED) is 0.829. The van der Waals surface area contributed by atoms with E-state index in [4.69, 9.17) is 5.11 Å². The minimum atomic E-state index is -0.886. The van der Waals surface area contributed by atoms with E-state index in [-0.39, 0.29) is 6.54 Å². The molecule has 1 aromatic heterocycles. The summed E-state index contributed by atoms with van der Waals surface area (Å²) in [5.74, 6) is 1.13. The standard InChI is InChI=1S/C16H26N4O2/c1-12(2)6-13-4-5-20(9-13)10-14-7-17-16(18-8-14)19(3)11-15(21)22/h7-8,12-13H,4-6,9-11H2,1-3H3,(H,21,22)/t13-/m1/s1. The first kappa shape index (κ1) is 16.7. The Labute approximate surface area is 132 Å². The lowest BCUT2D eigenvalue weighted by atomic mass is 9.97. The molecule has 2 heterocycles. The van der Waals surface area contributed by atoms with Gasteiger partial charge in [0.2, 0.25) is 5.95 Å². The van der Waals surface area contributed by atoms with E-state index in [2.05, 4.69) is 28.7 Å². The predicted molar refractivity (Wildman–Crippen MR) is 85.8 cm³/mol. The molecule has 6 nitrogen and oxygen atoms in total. The Hall–Kier alpha value is -1.69. The maximum absolute atomic E-state index is 10.7. The number of carboxylic acids is 1. The zero-order valence-electron chi connectivity index (χ0n) is 13.7. The third-order valence-electron chi connectivity index (χ3n) is 3.99. The van der Waals surface area contributed by atoms with Crippen LogP contribution >= 0.6 is 0 Å². The number of aromatic nitrogens is 2. The molecule has 6 heteroatoms.